The van der Waals surface area contributed by atoms with E-state index in [9.17, 15) is 0 Å². The van der Waals surface area contributed by atoms with Crippen LogP contribution in [0.2, 0.25) is 0 Å². The zero-order valence-corrected chi connectivity index (χ0v) is 16.6. The minimum Gasteiger partial charge on any atom is -0.328 e. The molecule has 0 heterocycles. The average Bonchev–Trinajstić information content (AvgIpc) is 2.73. The van der Waals surface area contributed by atoms with Crippen LogP contribution in [0.25, 0.3) is 0 Å². The van der Waals surface area contributed by atoms with E-state index >= 15 is 0 Å². The molecule has 3 aromatic carbocycles. The van der Waals surface area contributed by atoms with Gasteiger partial charge in [0.1, 0.15) is 0 Å². The minimum atomic E-state index is -2.17. The van der Waals surface area contributed by atoms with Crippen molar-refractivity contribution >= 4 is 28.5 Å². The highest BCUT2D eigenvalue weighted by Crippen LogP contribution is 2.42. The molecule has 3 heteroatoms. The molecular weight excluding hydrogens is 353 g/mol. The van der Waals surface area contributed by atoms with Gasteiger partial charge in [0.2, 0.25) is 0 Å². The second-order valence-corrected chi connectivity index (χ2v) is 10.1. The first-order chi connectivity index (χ1) is 12.7. The number of hydrogen-bond acceptors (Lipinski definition) is 2. The SMILES string of the molecule is CCN(C#CP(=S)(c1ccccc1)c1ccccc1)Cc1ccccc1. The van der Waals surface area contributed by atoms with Gasteiger partial charge in [-0.05, 0) is 18.1 Å². The standard InChI is InChI=1S/C23H22NPS/c1-2-24(20-21-12-6-3-7-13-21)18-19-25(26,22-14-8-4-9-15-22)23-16-10-5-11-17-23/h3-17H,2,20H2,1H3. The summed E-state index contributed by atoms with van der Waals surface area (Å²) in [5.41, 5.74) is 4.76. The van der Waals surface area contributed by atoms with Crippen molar-refractivity contribution in [3.05, 3.63) is 96.6 Å². The van der Waals surface area contributed by atoms with E-state index in [-0.39, 0.29) is 0 Å². The highest BCUT2D eigenvalue weighted by atomic mass is 32.4. The molecule has 0 radical (unpaired) electrons. The molecule has 0 N–H and O–H groups in total. The molecular formula is C23H22NPS. The van der Waals surface area contributed by atoms with E-state index in [0.29, 0.717) is 0 Å². The Bertz CT molecular complexity index is 884. The summed E-state index contributed by atoms with van der Waals surface area (Å²) in [7, 11) is 0. The van der Waals surface area contributed by atoms with Gasteiger partial charge in [-0.25, -0.2) is 0 Å². The van der Waals surface area contributed by atoms with Crippen LogP contribution in [-0.4, -0.2) is 11.4 Å². The van der Waals surface area contributed by atoms with E-state index in [1.807, 2.05) is 42.5 Å². The molecule has 3 rings (SSSR count). The summed E-state index contributed by atoms with van der Waals surface area (Å²) in [6.07, 6.45) is 0. The van der Waals surface area contributed by atoms with E-state index in [1.165, 1.54) is 5.56 Å². The Hall–Kier alpha value is -2.33. The molecule has 1 nitrogen and oxygen atoms in total. The van der Waals surface area contributed by atoms with Gasteiger partial charge in [0.25, 0.3) is 0 Å². The quantitative estimate of drug-likeness (QED) is 0.365. The second kappa shape index (κ2) is 8.86. The van der Waals surface area contributed by atoms with Crippen molar-refractivity contribution in [2.45, 2.75) is 13.5 Å². The molecule has 0 aliphatic rings. The molecule has 0 saturated heterocycles. The van der Waals surface area contributed by atoms with Crippen LogP contribution in [0.4, 0.5) is 0 Å². The highest BCUT2D eigenvalue weighted by molar-refractivity contribution is 8.24. The Morgan fingerprint density at radius 1 is 0.769 bits per heavy atom. The van der Waals surface area contributed by atoms with Crippen LogP contribution < -0.4 is 10.6 Å². The Labute approximate surface area is 161 Å². The predicted molar refractivity (Wildman–Crippen MR) is 117 cm³/mol. The number of benzene rings is 3. The summed E-state index contributed by atoms with van der Waals surface area (Å²) in [4.78, 5) is 2.14. The molecule has 0 saturated carbocycles. The fraction of sp³-hybridized carbons (Fsp3) is 0.130. The Morgan fingerprint density at radius 2 is 1.23 bits per heavy atom. The van der Waals surface area contributed by atoms with E-state index in [0.717, 1.165) is 23.7 Å². The normalized spacial score (nSPS) is 10.7. The molecule has 130 valence electrons. The Kier molecular flexibility index (Phi) is 6.29. The summed E-state index contributed by atoms with van der Waals surface area (Å²) < 4.78 is 0. The molecule has 0 aromatic heterocycles. The van der Waals surface area contributed by atoms with Gasteiger partial charge in [0, 0.05) is 23.2 Å². The average molecular weight is 375 g/mol. The van der Waals surface area contributed by atoms with Gasteiger partial charge < -0.3 is 4.90 Å². The van der Waals surface area contributed by atoms with Crippen LogP contribution in [0.1, 0.15) is 12.5 Å². The van der Waals surface area contributed by atoms with Crippen LogP contribution in [0, 0.1) is 11.7 Å². The van der Waals surface area contributed by atoms with Gasteiger partial charge in [0.15, 0.2) is 0 Å². The van der Waals surface area contributed by atoms with Gasteiger partial charge in [-0.2, -0.15) is 0 Å². The van der Waals surface area contributed by atoms with Crippen LogP contribution >= 0.6 is 6.04 Å². The summed E-state index contributed by atoms with van der Waals surface area (Å²) in [6, 6.07) is 32.3. The largest absolute Gasteiger partial charge is 0.328 e. The second-order valence-electron chi connectivity index (χ2n) is 6.00. The van der Waals surface area contributed by atoms with Crippen molar-refractivity contribution in [3.8, 4) is 11.7 Å². The monoisotopic (exact) mass is 375 g/mol. The Balaban J connectivity index is 1.97. The molecule has 0 spiro atoms. The highest BCUT2D eigenvalue weighted by Gasteiger charge is 2.19. The molecule has 0 aliphatic carbocycles. The number of hydrogen-bond donors (Lipinski definition) is 0. The lowest BCUT2D eigenvalue weighted by Gasteiger charge is -2.19. The van der Waals surface area contributed by atoms with E-state index in [1.54, 1.807) is 0 Å². The van der Waals surface area contributed by atoms with Crippen molar-refractivity contribution in [2.75, 3.05) is 6.54 Å². The van der Waals surface area contributed by atoms with Gasteiger partial charge in [-0.1, -0.05) is 103 Å². The summed E-state index contributed by atoms with van der Waals surface area (Å²) in [5.74, 6) is 0. The lowest BCUT2D eigenvalue weighted by molar-refractivity contribution is 0.414. The fourth-order valence-electron chi connectivity index (χ4n) is 2.73. The van der Waals surface area contributed by atoms with Crippen molar-refractivity contribution in [1.29, 1.82) is 0 Å². The number of rotatable bonds is 5. The van der Waals surface area contributed by atoms with Crippen molar-refractivity contribution in [1.82, 2.24) is 4.90 Å². The predicted octanol–water partition coefficient (Wildman–Crippen LogP) is 4.56. The maximum atomic E-state index is 6.18. The molecule has 26 heavy (non-hydrogen) atoms. The minimum absolute atomic E-state index is 0.809. The maximum Gasteiger partial charge on any atom is 0.0798 e. The zero-order chi connectivity index (χ0) is 18.2. The van der Waals surface area contributed by atoms with Crippen molar-refractivity contribution in [2.24, 2.45) is 0 Å². The summed E-state index contributed by atoms with van der Waals surface area (Å²) >= 11 is 6.18. The molecule has 0 bridgehead atoms. The van der Waals surface area contributed by atoms with E-state index in [2.05, 4.69) is 72.1 Å². The van der Waals surface area contributed by atoms with Crippen molar-refractivity contribution < 1.29 is 0 Å². The molecule has 0 amide bonds. The van der Waals surface area contributed by atoms with Crippen LogP contribution in [0.15, 0.2) is 91.0 Å². The first kappa shape index (κ1) is 18.5. The fourth-order valence-corrected chi connectivity index (χ4v) is 5.60. The lowest BCUT2D eigenvalue weighted by atomic mass is 10.2. The topological polar surface area (TPSA) is 3.24 Å². The van der Waals surface area contributed by atoms with E-state index < -0.39 is 6.04 Å². The zero-order valence-electron chi connectivity index (χ0n) is 14.9. The van der Waals surface area contributed by atoms with Gasteiger partial charge in [-0.15, -0.1) is 0 Å². The third-order valence-corrected chi connectivity index (χ3v) is 8.21. The molecule has 0 atom stereocenters. The molecule has 0 fully saturated rings. The van der Waals surface area contributed by atoms with Crippen LogP contribution in [0.3, 0.4) is 0 Å². The molecule has 0 unspecified atom stereocenters. The third kappa shape index (κ3) is 4.44. The number of nitrogens with zero attached hydrogens (tertiary/aromatic N) is 1. The van der Waals surface area contributed by atoms with Crippen LogP contribution in [0.5, 0.6) is 0 Å². The van der Waals surface area contributed by atoms with Crippen LogP contribution in [-0.2, 0) is 18.4 Å². The molecule has 3 aromatic rings. The first-order valence-electron chi connectivity index (χ1n) is 8.75. The summed E-state index contributed by atoms with van der Waals surface area (Å²) in [5, 5.41) is 2.29. The molecule has 0 aliphatic heterocycles. The third-order valence-electron chi connectivity index (χ3n) is 4.20. The Morgan fingerprint density at radius 3 is 1.69 bits per heavy atom. The van der Waals surface area contributed by atoms with Gasteiger partial charge >= 0.3 is 0 Å². The first-order valence-corrected chi connectivity index (χ1v) is 11.6. The van der Waals surface area contributed by atoms with Gasteiger partial charge in [-0.3, -0.25) is 0 Å². The van der Waals surface area contributed by atoms with Crippen molar-refractivity contribution in [3.63, 3.8) is 0 Å². The lowest BCUT2D eigenvalue weighted by Crippen LogP contribution is -2.18. The maximum absolute atomic E-state index is 6.18. The summed E-state index contributed by atoms with van der Waals surface area (Å²) in [6.45, 7) is 3.80. The smallest absolute Gasteiger partial charge is 0.0798 e. The van der Waals surface area contributed by atoms with Gasteiger partial charge in [0.05, 0.1) is 12.6 Å². The van der Waals surface area contributed by atoms with E-state index in [4.69, 9.17) is 11.8 Å².